The number of carbonyl (C=O) groups excluding carboxylic acids is 2. The molecule has 0 saturated heterocycles. The highest BCUT2D eigenvalue weighted by Crippen LogP contribution is 2.48. The molecule has 0 fully saturated rings. The molecule has 2 amide bonds. The number of thioether (sulfide) groups is 1. The summed E-state index contributed by atoms with van der Waals surface area (Å²) in [4.78, 5) is 26.4. The Labute approximate surface area is 255 Å². The lowest BCUT2D eigenvalue weighted by Crippen LogP contribution is -2.30. The first-order valence-corrected chi connectivity index (χ1v) is 16.5. The third-order valence-electron chi connectivity index (χ3n) is 8.26. The summed E-state index contributed by atoms with van der Waals surface area (Å²) in [5.74, 6) is 0.834. The lowest BCUT2D eigenvalue weighted by Gasteiger charge is -2.35. The Balaban J connectivity index is 1.03. The Morgan fingerprint density at radius 1 is 0.452 bits per heavy atom. The van der Waals surface area contributed by atoms with E-state index in [2.05, 4.69) is 103 Å². The molecule has 42 heavy (non-hydrogen) atoms. The number of hydrogen-bond donors (Lipinski definition) is 0. The Kier molecular flexibility index (Phi) is 10.7. The molecule has 1 heterocycles. The van der Waals surface area contributed by atoms with Crippen molar-refractivity contribution in [2.45, 2.75) is 62.5 Å². The third kappa shape index (κ3) is 6.87. The average Bonchev–Trinajstić information content (AvgIpc) is 3.29. The number of rotatable bonds is 16. The lowest BCUT2D eigenvalue weighted by atomic mass is 9.84. The van der Waals surface area contributed by atoms with E-state index in [1.54, 1.807) is 12.1 Å². The summed E-state index contributed by atoms with van der Waals surface area (Å²) in [7, 11) is 0. The number of imide groups is 1. The predicted octanol–water partition coefficient (Wildman–Crippen LogP) is 9.52. The van der Waals surface area contributed by atoms with Crippen LogP contribution in [-0.2, 0) is 4.75 Å². The molecule has 0 unspecified atom stereocenters. The first-order chi connectivity index (χ1) is 20.7. The molecule has 4 heteroatoms. The van der Waals surface area contributed by atoms with Crippen LogP contribution in [0.15, 0.2) is 115 Å². The van der Waals surface area contributed by atoms with Gasteiger partial charge in [-0.25, -0.2) is 0 Å². The minimum atomic E-state index is -0.225. The molecule has 5 rings (SSSR count). The molecule has 1 aliphatic rings. The van der Waals surface area contributed by atoms with Crippen LogP contribution < -0.4 is 0 Å². The molecule has 3 nitrogen and oxygen atoms in total. The smallest absolute Gasteiger partial charge is 0.261 e. The third-order valence-corrected chi connectivity index (χ3v) is 9.90. The summed E-state index contributed by atoms with van der Waals surface area (Å²) >= 11 is 2.06. The molecule has 0 aromatic heterocycles. The van der Waals surface area contributed by atoms with Crippen molar-refractivity contribution in [3.05, 3.63) is 143 Å². The predicted molar refractivity (Wildman–Crippen MR) is 175 cm³/mol. The average molecular weight is 576 g/mol. The highest BCUT2D eigenvalue weighted by atomic mass is 32.2. The van der Waals surface area contributed by atoms with E-state index in [1.807, 2.05) is 12.1 Å². The van der Waals surface area contributed by atoms with Gasteiger partial charge in [-0.05, 0) is 47.4 Å². The van der Waals surface area contributed by atoms with Crippen LogP contribution in [0.1, 0.15) is 95.2 Å². The van der Waals surface area contributed by atoms with E-state index in [0.29, 0.717) is 17.7 Å². The molecule has 0 saturated carbocycles. The fourth-order valence-electron chi connectivity index (χ4n) is 6.05. The van der Waals surface area contributed by atoms with Crippen molar-refractivity contribution in [1.82, 2.24) is 4.90 Å². The highest BCUT2D eigenvalue weighted by molar-refractivity contribution is 8.00. The van der Waals surface area contributed by atoms with E-state index in [0.717, 1.165) is 25.0 Å². The molecule has 0 N–H and O–H groups in total. The van der Waals surface area contributed by atoms with E-state index in [4.69, 9.17) is 0 Å². The summed E-state index contributed by atoms with van der Waals surface area (Å²) in [5, 5.41) is 0. The van der Waals surface area contributed by atoms with E-state index in [1.165, 1.54) is 60.1 Å². The zero-order chi connectivity index (χ0) is 29.0. The summed E-state index contributed by atoms with van der Waals surface area (Å²) in [6.45, 7) is 0.528. The van der Waals surface area contributed by atoms with Gasteiger partial charge in [0, 0.05) is 6.54 Å². The van der Waals surface area contributed by atoms with Crippen molar-refractivity contribution in [3.8, 4) is 0 Å². The number of carbonyl (C=O) groups is 2. The minimum Gasteiger partial charge on any atom is -0.274 e. The Hall–Kier alpha value is -3.63. The second kappa shape index (κ2) is 15.0. The molecule has 4 aromatic carbocycles. The highest BCUT2D eigenvalue weighted by Gasteiger charge is 2.36. The minimum absolute atomic E-state index is 0.137. The number of benzene rings is 4. The number of fused-ring (bicyclic) bond motifs is 1. The molecular weight excluding hydrogens is 534 g/mol. The fourth-order valence-corrected chi connectivity index (χ4v) is 7.61. The maximum Gasteiger partial charge on any atom is 0.261 e. The van der Waals surface area contributed by atoms with Gasteiger partial charge in [0.15, 0.2) is 0 Å². The van der Waals surface area contributed by atoms with Crippen molar-refractivity contribution < 1.29 is 9.59 Å². The van der Waals surface area contributed by atoms with Crippen molar-refractivity contribution in [1.29, 1.82) is 0 Å². The second-order valence-corrected chi connectivity index (χ2v) is 12.4. The topological polar surface area (TPSA) is 37.4 Å². The van der Waals surface area contributed by atoms with Gasteiger partial charge in [0.05, 0.1) is 15.9 Å². The van der Waals surface area contributed by atoms with Crippen LogP contribution in [0.5, 0.6) is 0 Å². The van der Waals surface area contributed by atoms with Crippen LogP contribution in [0.3, 0.4) is 0 Å². The Morgan fingerprint density at radius 2 is 0.810 bits per heavy atom. The largest absolute Gasteiger partial charge is 0.274 e. The molecule has 0 radical (unpaired) electrons. The van der Waals surface area contributed by atoms with Gasteiger partial charge in [-0.3, -0.25) is 14.5 Å². The molecule has 216 valence electrons. The maximum absolute atomic E-state index is 12.5. The van der Waals surface area contributed by atoms with Gasteiger partial charge in [0.25, 0.3) is 11.8 Å². The van der Waals surface area contributed by atoms with Crippen LogP contribution in [0.2, 0.25) is 0 Å². The Morgan fingerprint density at radius 3 is 1.24 bits per heavy atom. The second-order valence-electron chi connectivity index (χ2n) is 11.1. The summed E-state index contributed by atoms with van der Waals surface area (Å²) in [5.41, 5.74) is 5.08. The SMILES string of the molecule is O=C1c2ccccc2C(=O)N1CCCCCCCCCCCSC(c1ccccc1)(c1ccccc1)c1ccccc1. The summed E-state index contributed by atoms with van der Waals surface area (Å²) in [6, 6.07) is 40.0. The molecule has 1 aliphatic heterocycles. The number of unbranched alkanes of at least 4 members (excludes halogenated alkanes) is 8. The first kappa shape index (κ1) is 29.8. The van der Waals surface area contributed by atoms with Crippen LogP contribution >= 0.6 is 11.8 Å². The van der Waals surface area contributed by atoms with Crippen molar-refractivity contribution in [3.63, 3.8) is 0 Å². The van der Waals surface area contributed by atoms with E-state index in [9.17, 15) is 9.59 Å². The van der Waals surface area contributed by atoms with Gasteiger partial charge < -0.3 is 0 Å². The van der Waals surface area contributed by atoms with Gasteiger partial charge in [-0.2, -0.15) is 0 Å². The number of amides is 2. The first-order valence-electron chi connectivity index (χ1n) is 15.5. The monoisotopic (exact) mass is 575 g/mol. The van der Waals surface area contributed by atoms with Crippen molar-refractivity contribution >= 4 is 23.6 Å². The Bertz CT molecular complexity index is 1290. The molecule has 4 aromatic rings. The van der Waals surface area contributed by atoms with Gasteiger partial charge >= 0.3 is 0 Å². The van der Waals surface area contributed by atoms with Crippen LogP contribution in [-0.4, -0.2) is 29.0 Å². The van der Waals surface area contributed by atoms with E-state index >= 15 is 0 Å². The molecular formula is C38H41NO2S. The van der Waals surface area contributed by atoms with Crippen LogP contribution in [0.25, 0.3) is 0 Å². The summed E-state index contributed by atoms with van der Waals surface area (Å²) < 4.78 is -0.225. The molecule has 0 aliphatic carbocycles. The zero-order valence-electron chi connectivity index (χ0n) is 24.4. The molecule has 0 spiro atoms. The number of nitrogens with zero attached hydrogens (tertiary/aromatic N) is 1. The zero-order valence-corrected chi connectivity index (χ0v) is 25.2. The fraction of sp³-hybridized carbons (Fsp3) is 0.316. The van der Waals surface area contributed by atoms with E-state index in [-0.39, 0.29) is 16.6 Å². The maximum atomic E-state index is 12.5. The summed E-state index contributed by atoms with van der Waals surface area (Å²) in [6.07, 6.45) is 10.6. The normalized spacial score (nSPS) is 13.0. The quantitative estimate of drug-likeness (QED) is 0.0758. The van der Waals surface area contributed by atoms with Crippen LogP contribution in [0, 0.1) is 0 Å². The number of hydrogen-bond acceptors (Lipinski definition) is 3. The van der Waals surface area contributed by atoms with Gasteiger partial charge in [-0.15, -0.1) is 11.8 Å². The lowest BCUT2D eigenvalue weighted by molar-refractivity contribution is 0.0651. The van der Waals surface area contributed by atoms with E-state index < -0.39 is 0 Å². The van der Waals surface area contributed by atoms with Gasteiger partial charge in [0.2, 0.25) is 0 Å². The standard InChI is InChI=1S/C38H41NO2S/c40-36-34-27-17-18-28-35(34)37(41)39(36)29-19-6-4-2-1-3-5-7-20-30-42-38(31-21-11-8-12-22-31,32-23-13-9-14-24-32)33-25-15-10-16-26-33/h8-18,21-28H,1-7,19-20,29-30H2. The molecule has 0 bridgehead atoms. The van der Waals surface area contributed by atoms with Crippen LogP contribution in [0.4, 0.5) is 0 Å². The van der Waals surface area contributed by atoms with Crippen molar-refractivity contribution in [2.75, 3.05) is 12.3 Å². The van der Waals surface area contributed by atoms with Gasteiger partial charge in [-0.1, -0.05) is 148 Å². The van der Waals surface area contributed by atoms with Gasteiger partial charge in [0.1, 0.15) is 0 Å². The van der Waals surface area contributed by atoms with Crippen molar-refractivity contribution in [2.24, 2.45) is 0 Å². The molecule has 0 atom stereocenters.